The summed E-state index contributed by atoms with van der Waals surface area (Å²) in [4.78, 5) is 23.3. The number of aromatic nitrogens is 3. The fourth-order valence-corrected chi connectivity index (χ4v) is 4.12. The van der Waals surface area contributed by atoms with Gasteiger partial charge in [-0.1, -0.05) is 28.4 Å². The SMILES string of the molecule is Cc1cc(CC(=O)C2CCN(c3nc(-c4cc(Cl)cc(Cl)c4)no3)CC2)ccn1. The van der Waals surface area contributed by atoms with E-state index in [-0.39, 0.29) is 11.7 Å². The van der Waals surface area contributed by atoms with E-state index in [9.17, 15) is 4.79 Å². The van der Waals surface area contributed by atoms with Gasteiger partial charge in [0, 0.05) is 52.9 Å². The Morgan fingerprint density at radius 2 is 1.90 bits per heavy atom. The molecule has 0 bridgehead atoms. The molecular weight excluding hydrogens is 411 g/mol. The molecule has 1 aliphatic rings. The van der Waals surface area contributed by atoms with Gasteiger partial charge in [0.1, 0.15) is 5.78 Å². The third kappa shape index (κ3) is 4.77. The Balaban J connectivity index is 1.37. The maximum atomic E-state index is 12.7. The van der Waals surface area contributed by atoms with E-state index < -0.39 is 0 Å². The van der Waals surface area contributed by atoms with Gasteiger partial charge < -0.3 is 9.42 Å². The van der Waals surface area contributed by atoms with E-state index in [1.165, 1.54) is 0 Å². The second kappa shape index (κ2) is 8.51. The summed E-state index contributed by atoms with van der Waals surface area (Å²) < 4.78 is 5.43. The Bertz CT molecular complexity index is 1010. The molecule has 6 nitrogen and oxygen atoms in total. The number of halogens is 2. The molecule has 8 heteroatoms. The molecule has 0 saturated carbocycles. The highest BCUT2D eigenvalue weighted by atomic mass is 35.5. The zero-order valence-electron chi connectivity index (χ0n) is 15.9. The average molecular weight is 431 g/mol. The molecular formula is C21H20Cl2N4O2. The second-order valence-corrected chi connectivity index (χ2v) is 8.14. The summed E-state index contributed by atoms with van der Waals surface area (Å²) in [6.45, 7) is 3.33. The third-order valence-corrected chi connectivity index (χ3v) is 5.53. The number of carbonyl (C=O) groups excluding carboxylic acids is 1. The summed E-state index contributed by atoms with van der Waals surface area (Å²) in [7, 11) is 0. The van der Waals surface area contributed by atoms with Crippen LogP contribution in [0.3, 0.4) is 0 Å². The van der Waals surface area contributed by atoms with E-state index in [4.69, 9.17) is 27.7 Å². The third-order valence-electron chi connectivity index (χ3n) is 5.10. The molecule has 0 spiro atoms. The van der Waals surface area contributed by atoms with Crippen molar-refractivity contribution in [3.8, 4) is 11.4 Å². The number of ketones is 1. The van der Waals surface area contributed by atoms with Crippen LogP contribution in [0.25, 0.3) is 11.4 Å². The Hall–Kier alpha value is -2.44. The minimum Gasteiger partial charge on any atom is -0.324 e. The molecule has 0 atom stereocenters. The summed E-state index contributed by atoms with van der Waals surface area (Å²) in [5.74, 6) is 0.763. The first kappa shape index (κ1) is 19.9. The Labute approximate surface area is 178 Å². The van der Waals surface area contributed by atoms with Crippen LogP contribution >= 0.6 is 23.2 Å². The standard InChI is InChI=1S/C21H20Cl2N4O2/c1-13-8-14(2-5-24-13)9-19(28)15-3-6-27(7-4-15)21-25-20(26-29-21)16-10-17(22)12-18(23)11-16/h2,5,8,10-12,15H,3-4,6-7,9H2,1H3. The van der Waals surface area contributed by atoms with Crippen LogP contribution in [0.4, 0.5) is 6.01 Å². The molecule has 0 unspecified atom stereocenters. The Morgan fingerprint density at radius 3 is 2.59 bits per heavy atom. The van der Waals surface area contributed by atoms with Crippen molar-refractivity contribution >= 4 is 35.0 Å². The van der Waals surface area contributed by atoms with Crippen LogP contribution in [0.15, 0.2) is 41.1 Å². The Kier molecular flexibility index (Phi) is 5.83. The lowest BCUT2D eigenvalue weighted by Crippen LogP contribution is -2.37. The second-order valence-electron chi connectivity index (χ2n) is 7.27. The van der Waals surface area contributed by atoms with Crippen LogP contribution in [0.5, 0.6) is 0 Å². The zero-order valence-corrected chi connectivity index (χ0v) is 17.5. The average Bonchev–Trinajstić information content (AvgIpc) is 3.18. The fourth-order valence-electron chi connectivity index (χ4n) is 3.60. The monoisotopic (exact) mass is 430 g/mol. The van der Waals surface area contributed by atoms with Crippen LogP contribution in [-0.2, 0) is 11.2 Å². The predicted molar refractivity (Wildman–Crippen MR) is 112 cm³/mol. The van der Waals surface area contributed by atoms with Crippen molar-refractivity contribution in [2.75, 3.05) is 18.0 Å². The topological polar surface area (TPSA) is 72.1 Å². The number of pyridine rings is 1. The molecule has 3 heterocycles. The number of anilines is 1. The lowest BCUT2D eigenvalue weighted by atomic mass is 9.89. The minimum atomic E-state index is 0.0499. The first-order chi connectivity index (χ1) is 14.0. The number of aryl methyl sites for hydroxylation is 1. The first-order valence-electron chi connectivity index (χ1n) is 9.47. The van der Waals surface area contributed by atoms with Crippen molar-refractivity contribution in [2.24, 2.45) is 5.92 Å². The van der Waals surface area contributed by atoms with Crippen molar-refractivity contribution in [3.63, 3.8) is 0 Å². The summed E-state index contributed by atoms with van der Waals surface area (Å²) in [5.41, 5.74) is 2.65. The largest absolute Gasteiger partial charge is 0.324 e. The van der Waals surface area contributed by atoms with E-state index in [1.54, 1.807) is 24.4 Å². The fraction of sp³-hybridized carbons (Fsp3) is 0.333. The van der Waals surface area contributed by atoms with Crippen LogP contribution in [0.1, 0.15) is 24.1 Å². The number of rotatable bonds is 5. The van der Waals surface area contributed by atoms with Crippen molar-refractivity contribution in [1.29, 1.82) is 0 Å². The highest BCUT2D eigenvalue weighted by Gasteiger charge is 2.27. The number of hydrogen-bond acceptors (Lipinski definition) is 6. The molecule has 2 aromatic heterocycles. The number of nitrogens with zero attached hydrogens (tertiary/aromatic N) is 4. The van der Waals surface area contributed by atoms with Crippen molar-refractivity contribution in [1.82, 2.24) is 15.1 Å². The van der Waals surface area contributed by atoms with Gasteiger partial charge in [0.05, 0.1) is 0 Å². The molecule has 0 amide bonds. The molecule has 1 fully saturated rings. The van der Waals surface area contributed by atoms with E-state index in [0.717, 1.165) is 24.1 Å². The van der Waals surface area contributed by atoms with E-state index in [0.29, 0.717) is 47.0 Å². The number of Topliss-reactive ketones (excluding diaryl/α,β-unsaturated/α-hetero) is 1. The van der Waals surface area contributed by atoms with Crippen molar-refractivity contribution in [2.45, 2.75) is 26.2 Å². The molecule has 0 aliphatic carbocycles. The van der Waals surface area contributed by atoms with Crippen LogP contribution in [-0.4, -0.2) is 34.0 Å². The zero-order chi connectivity index (χ0) is 20.4. The molecule has 0 N–H and O–H groups in total. The van der Waals surface area contributed by atoms with Gasteiger partial charge in [-0.25, -0.2) is 0 Å². The maximum absolute atomic E-state index is 12.7. The normalized spacial score (nSPS) is 14.9. The number of carbonyl (C=O) groups is 1. The van der Waals surface area contributed by atoms with Crippen molar-refractivity contribution < 1.29 is 9.32 Å². The van der Waals surface area contributed by atoms with E-state index in [1.807, 2.05) is 24.0 Å². The van der Waals surface area contributed by atoms with Gasteiger partial charge in [0.2, 0.25) is 5.82 Å². The summed E-state index contributed by atoms with van der Waals surface area (Å²) >= 11 is 12.1. The molecule has 0 radical (unpaired) electrons. The summed E-state index contributed by atoms with van der Waals surface area (Å²) in [6, 6.07) is 9.47. The summed E-state index contributed by atoms with van der Waals surface area (Å²) in [5, 5.41) is 5.08. The van der Waals surface area contributed by atoms with E-state index in [2.05, 4.69) is 15.1 Å². The van der Waals surface area contributed by atoms with Gasteiger partial charge in [-0.15, -0.1) is 0 Å². The number of piperidine rings is 1. The lowest BCUT2D eigenvalue weighted by Gasteiger charge is -2.29. The van der Waals surface area contributed by atoms with Gasteiger partial charge in [-0.2, -0.15) is 4.98 Å². The molecule has 1 saturated heterocycles. The quantitative estimate of drug-likeness (QED) is 0.579. The minimum absolute atomic E-state index is 0.0499. The predicted octanol–water partition coefficient (Wildman–Crippen LogP) is 4.78. The summed E-state index contributed by atoms with van der Waals surface area (Å²) in [6.07, 6.45) is 3.74. The lowest BCUT2D eigenvalue weighted by molar-refractivity contribution is -0.122. The van der Waals surface area contributed by atoms with Crippen LogP contribution < -0.4 is 4.90 Å². The van der Waals surface area contributed by atoms with Gasteiger partial charge in [0.15, 0.2) is 0 Å². The molecule has 29 heavy (non-hydrogen) atoms. The van der Waals surface area contributed by atoms with Gasteiger partial charge >= 0.3 is 6.01 Å². The Morgan fingerprint density at radius 1 is 1.17 bits per heavy atom. The maximum Gasteiger partial charge on any atom is 0.324 e. The van der Waals surface area contributed by atoms with Gasteiger partial charge in [-0.05, 0) is 55.7 Å². The first-order valence-corrected chi connectivity index (χ1v) is 10.2. The van der Waals surface area contributed by atoms with Gasteiger partial charge in [0.25, 0.3) is 0 Å². The highest BCUT2D eigenvalue weighted by molar-refractivity contribution is 6.35. The van der Waals surface area contributed by atoms with Crippen LogP contribution in [0.2, 0.25) is 10.0 Å². The number of hydrogen-bond donors (Lipinski definition) is 0. The highest BCUT2D eigenvalue weighted by Crippen LogP contribution is 2.28. The smallest absolute Gasteiger partial charge is 0.324 e. The molecule has 150 valence electrons. The number of benzene rings is 1. The molecule has 1 aliphatic heterocycles. The molecule has 4 rings (SSSR count). The van der Waals surface area contributed by atoms with Crippen LogP contribution in [0, 0.1) is 12.8 Å². The molecule has 1 aromatic carbocycles. The van der Waals surface area contributed by atoms with Gasteiger partial charge in [-0.3, -0.25) is 9.78 Å². The van der Waals surface area contributed by atoms with Crippen molar-refractivity contribution in [3.05, 3.63) is 57.8 Å². The van der Waals surface area contributed by atoms with E-state index >= 15 is 0 Å². The molecule has 3 aromatic rings.